The molecule has 0 amide bonds. The van der Waals surface area contributed by atoms with Crippen molar-refractivity contribution in [2.45, 2.75) is 32.6 Å². The number of esters is 3. The van der Waals surface area contributed by atoms with Crippen molar-refractivity contribution in [2.75, 3.05) is 19.0 Å². The molecule has 0 aromatic carbocycles. The quantitative estimate of drug-likeness (QED) is 0.240. The van der Waals surface area contributed by atoms with E-state index in [1.165, 1.54) is 23.5 Å². The lowest BCUT2D eigenvalue weighted by atomic mass is 10.3. The van der Waals surface area contributed by atoms with E-state index < -0.39 is 17.4 Å². The largest absolute Gasteiger partial charge is 0.462 e. The number of thioether (sulfide) groups is 2. The van der Waals surface area contributed by atoms with Gasteiger partial charge >= 0.3 is 17.9 Å². The molecular weight excluding hydrogens is 316 g/mol. The van der Waals surface area contributed by atoms with E-state index >= 15 is 0 Å². The molecule has 0 bridgehead atoms. The molecule has 1 heterocycles. The van der Waals surface area contributed by atoms with E-state index in [2.05, 4.69) is 0 Å². The third-order valence-electron chi connectivity index (χ3n) is 2.30. The maximum Gasteiger partial charge on any atom is 0.347 e. The Morgan fingerprint density at radius 3 is 2.14 bits per heavy atom. The van der Waals surface area contributed by atoms with Crippen LogP contribution in [0.3, 0.4) is 0 Å². The highest BCUT2D eigenvalue weighted by molar-refractivity contribution is 8.25. The lowest BCUT2D eigenvalue weighted by Crippen LogP contribution is -2.19. The minimum Gasteiger partial charge on any atom is -0.462 e. The molecule has 0 aromatic heterocycles. The smallest absolute Gasteiger partial charge is 0.347 e. The van der Waals surface area contributed by atoms with Crippen molar-refractivity contribution in [3.05, 3.63) is 9.81 Å². The highest BCUT2D eigenvalue weighted by Crippen LogP contribution is 2.44. The standard InChI is InChI=1S/C13H18O6S2/c1-4-8(14)19-9-7-20-13(21-9)10(11(15)17-5-2)12(16)18-6-3/h9H,4-7H2,1-3H3. The van der Waals surface area contributed by atoms with E-state index in [0.29, 0.717) is 9.99 Å². The molecule has 118 valence electrons. The van der Waals surface area contributed by atoms with Gasteiger partial charge in [0.15, 0.2) is 11.0 Å². The second-order valence-corrected chi connectivity index (χ2v) is 6.26. The van der Waals surface area contributed by atoms with Gasteiger partial charge in [-0.2, -0.15) is 0 Å². The molecule has 0 aromatic rings. The Morgan fingerprint density at radius 2 is 1.67 bits per heavy atom. The third kappa shape index (κ3) is 5.28. The molecule has 0 N–H and O–H groups in total. The van der Waals surface area contributed by atoms with Crippen LogP contribution in [-0.2, 0) is 28.6 Å². The summed E-state index contributed by atoms with van der Waals surface area (Å²) in [5.74, 6) is -1.27. The Morgan fingerprint density at radius 1 is 1.10 bits per heavy atom. The molecule has 1 rings (SSSR count). The molecule has 1 aliphatic heterocycles. The predicted molar refractivity (Wildman–Crippen MR) is 80.5 cm³/mol. The van der Waals surface area contributed by atoms with Crippen molar-refractivity contribution in [2.24, 2.45) is 0 Å². The maximum absolute atomic E-state index is 11.9. The summed E-state index contributed by atoms with van der Waals surface area (Å²) >= 11 is 2.45. The van der Waals surface area contributed by atoms with Crippen LogP contribution in [0.25, 0.3) is 0 Å². The Labute approximate surface area is 131 Å². The molecule has 1 unspecified atom stereocenters. The van der Waals surface area contributed by atoms with Crippen LogP contribution >= 0.6 is 23.5 Å². The lowest BCUT2D eigenvalue weighted by Gasteiger charge is -2.10. The van der Waals surface area contributed by atoms with Crippen LogP contribution in [0.2, 0.25) is 0 Å². The molecule has 1 atom stereocenters. The first-order valence-electron chi connectivity index (χ1n) is 6.60. The van der Waals surface area contributed by atoms with Crippen LogP contribution in [0, 0.1) is 0 Å². The fourth-order valence-corrected chi connectivity index (χ4v) is 4.03. The minimum atomic E-state index is -0.714. The summed E-state index contributed by atoms with van der Waals surface area (Å²) < 4.78 is 15.4. The van der Waals surface area contributed by atoms with Gasteiger partial charge in [-0.3, -0.25) is 4.79 Å². The number of ether oxygens (including phenoxy) is 3. The molecule has 1 saturated heterocycles. The second kappa shape index (κ2) is 8.99. The zero-order valence-electron chi connectivity index (χ0n) is 12.2. The van der Waals surface area contributed by atoms with Gasteiger partial charge in [0, 0.05) is 12.2 Å². The molecule has 8 heteroatoms. The Hall–Kier alpha value is -1.15. The fourth-order valence-electron chi connectivity index (χ4n) is 1.41. The highest BCUT2D eigenvalue weighted by Gasteiger charge is 2.33. The van der Waals surface area contributed by atoms with Gasteiger partial charge in [0.05, 0.1) is 17.5 Å². The summed E-state index contributed by atoms with van der Waals surface area (Å²) in [5.41, 5.74) is -0.528. The molecule has 0 radical (unpaired) electrons. The molecule has 1 aliphatic rings. The predicted octanol–water partition coefficient (Wildman–Crippen LogP) is 2.08. The van der Waals surface area contributed by atoms with Crippen LogP contribution in [0.15, 0.2) is 9.81 Å². The van der Waals surface area contributed by atoms with E-state index in [-0.39, 0.29) is 31.2 Å². The number of hydrogen-bond acceptors (Lipinski definition) is 8. The first kappa shape index (κ1) is 17.9. The summed E-state index contributed by atoms with van der Waals surface area (Å²) in [5, 5.41) is 0. The van der Waals surface area contributed by atoms with Crippen molar-refractivity contribution in [3.8, 4) is 0 Å². The number of rotatable bonds is 6. The fraction of sp³-hybridized carbons (Fsp3) is 0.615. The van der Waals surface area contributed by atoms with E-state index in [1.54, 1.807) is 20.8 Å². The van der Waals surface area contributed by atoms with Gasteiger partial charge in [0.1, 0.15) is 0 Å². The zero-order chi connectivity index (χ0) is 15.8. The maximum atomic E-state index is 11.9. The molecule has 0 spiro atoms. The van der Waals surface area contributed by atoms with Crippen LogP contribution in [0.1, 0.15) is 27.2 Å². The topological polar surface area (TPSA) is 78.9 Å². The molecule has 0 aliphatic carbocycles. The first-order valence-corrected chi connectivity index (χ1v) is 8.47. The Bertz CT molecular complexity index is 426. The van der Waals surface area contributed by atoms with Gasteiger partial charge in [-0.05, 0) is 13.8 Å². The van der Waals surface area contributed by atoms with Crippen molar-refractivity contribution >= 4 is 41.4 Å². The van der Waals surface area contributed by atoms with Crippen molar-refractivity contribution in [1.82, 2.24) is 0 Å². The van der Waals surface area contributed by atoms with Crippen LogP contribution in [0.4, 0.5) is 0 Å². The molecular formula is C13H18O6S2. The van der Waals surface area contributed by atoms with Crippen molar-refractivity contribution in [1.29, 1.82) is 0 Å². The van der Waals surface area contributed by atoms with Gasteiger partial charge in [-0.15, -0.1) is 11.8 Å². The zero-order valence-corrected chi connectivity index (χ0v) is 13.8. The van der Waals surface area contributed by atoms with Gasteiger partial charge in [0.25, 0.3) is 0 Å². The van der Waals surface area contributed by atoms with Crippen LogP contribution in [-0.4, -0.2) is 42.3 Å². The summed E-state index contributed by atoms with van der Waals surface area (Å²) in [6.45, 7) is 5.35. The van der Waals surface area contributed by atoms with E-state index in [9.17, 15) is 14.4 Å². The second-order valence-electron chi connectivity index (χ2n) is 3.81. The Balaban J connectivity index is 2.88. The summed E-state index contributed by atoms with van der Waals surface area (Å²) in [6, 6.07) is 0. The average Bonchev–Trinajstić information content (AvgIpc) is 2.87. The highest BCUT2D eigenvalue weighted by atomic mass is 32.2. The minimum absolute atomic E-state index is 0.122. The van der Waals surface area contributed by atoms with Crippen molar-refractivity contribution in [3.63, 3.8) is 0 Å². The summed E-state index contributed by atoms with van der Waals surface area (Å²) in [4.78, 5) is 35.1. The van der Waals surface area contributed by atoms with Gasteiger partial charge in [0.2, 0.25) is 0 Å². The Kier molecular flexibility index (Phi) is 7.66. The SMILES string of the molecule is CCOC(=O)C(C(=O)OCC)=C1SCC(OC(=O)CC)S1. The monoisotopic (exact) mass is 334 g/mol. The molecule has 21 heavy (non-hydrogen) atoms. The number of carbonyl (C=O) groups excluding carboxylic acids is 3. The number of carbonyl (C=O) groups is 3. The number of hydrogen-bond donors (Lipinski definition) is 0. The normalized spacial score (nSPS) is 17.3. The van der Waals surface area contributed by atoms with Crippen LogP contribution < -0.4 is 0 Å². The van der Waals surface area contributed by atoms with E-state index in [1.807, 2.05) is 0 Å². The van der Waals surface area contributed by atoms with Crippen LogP contribution in [0.5, 0.6) is 0 Å². The van der Waals surface area contributed by atoms with Gasteiger partial charge in [-0.1, -0.05) is 18.7 Å². The van der Waals surface area contributed by atoms with E-state index in [0.717, 1.165) is 0 Å². The lowest BCUT2D eigenvalue weighted by molar-refractivity contribution is -0.147. The van der Waals surface area contributed by atoms with Gasteiger partial charge < -0.3 is 14.2 Å². The molecule has 1 fully saturated rings. The first-order chi connectivity index (χ1) is 10.0. The third-order valence-corrected chi connectivity index (χ3v) is 5.04. The van der Waals surface area contributed by atoms with Gasteiger partial charge in [-0.25, -0.2) is 9.59 Å². The average molecular weight is 334 g/mol. The molecule has 0 saturated carbocycles. The molecule has 6 nitrogen and oxygen atoms in total. The summed E-state index contributed by atoms with van der Waals surface area (Å²) in [7, 11) is 0. The summed E-state index contributed by atoms with van der Waals surface area (Å²) in [6.07, 6.45) is 0.281. The van der Waals surface area contributed by atoms with Crippen molar-refractivity contribution < 1.29 is 28.6 Å². The van der Waals surface area contributed by atoms with E-state index in [4.69, 9.17) is 14.2 Å².